The van der Waals surface area contributed by atoms with E-state index < -0.39 is 0 Å². The Kier molecular flexibility index (Phi) is 4.09. The van der Waals surface area contributed by atoms with Gasteiger partial charge in [-0.05, 0) is 18.2 Å². The summed E-state index contributed by atoms with van der Waals surface area (Å²) in [6.07, 6.45) is 0. The first-order valence-electron chi connectivity index (χ1n) is 4.41. The van der Waals surface area contributed by atoms with Crippen molar-refractivity contribution in [3.05, 3.63) is 22.7 Å². The van der Waals surface area contributed by atoms with E-state index >= 15 is 0 Å². The molecule has 0 saturated carbocycles. The van der Waals surface area contributed by atoms with E-state index in [1.807, 2.05) is 32.0 Å². The van der Waals surface area contributed by atoms with Crippen LogP contribution in [-0.4, -0.2) is 13.2 Å². The summed E-state index contributed by atoms with van der Waals surface area (Å²) >= 11 is 3.35. The highest BCUT2D eigenvalue weighted by Gasteiger charge is 2.10. The van der Waals surface area contributed by atoms with Crippen molar-refractivity contribution in [2.45, 2.75) is 13.8 Å². The fraction of sp³-hybridized carbons (Fsp3) is 0.400. The molecule has 2 rings (SSSR count). The lowest BCUT2D eigenvalue weighted by Crippen LogP contribution is -2.14. The molecule has 2 nitrogen and oxygen atoms in total. The molecular weight excluding hydrogens is 232 g/mol. The lowest BCUT2D eigenvalue weighted by Gasteiger charge is -2.17. The first kappa shape index (κ1) is 10.4. The van der Waals surface area contributed by atoms with Crippen LogP contribution >= 0.6 is 15.9 Å². The zero-order chi connectivity index (χ0) is 9.68. The molecule has 0 amide bonds. The molecule has 0 fully saturated rings. The average Bonchev–Trinajstić information content (AvgIpc) is 2.21. The molecule has 0 atom stereocenters. The molecule has 1 aliphatic heterocycles. The van der Waals surface area contributed by atoms with E-state index in [0.717, 1.165) is 16.0 Å². The lowest BCUT2D eigenvalue weighted by atomic mass is 10.3. The molecule has 0 bridgehead atoms. The Morgan fingerprint density at radius 1 is 1.08 bits per heavy atom. The topological polar surface area (TPSA) is 18.5 Å². The monoisotopic (exact) mass is 244 g/mol. The fourth-order valence-corrected chi connectivity index (χ4v) is 1.36. The molecule has 0 spiro atoms. The summed E-state index contributed by atoms with van der Waals surface area (Å²) in [4.78, 5) is 0. The summed E-state index contributed by atoms with van der Waals surface area (Å²) in [6, 6.07) is 5.75. The quantitative estimate of drug-likeness (QED) is 0.698. The molecule has 3 heteroatoms. The van der Waals surface area contributed by atoms with Crippen LogP contribution in [0.4, 0.5) is 0 Å². The van der Waals surface area contributed by atoms with Gasteiger partial charge >= 0.3 is 0 Å². The minimum atomic E-state index is 0.642. The van der Waals surface area contributed by atoms with Crippen LogP contribution in [0.25, 0.3) is 0 Å². The zero-order valence-electron chi connectivity index (χ0n) is 7.84. The van der Waals surface area contributed by atoms with Crippen molar-refractivity contribution in [3.8, 4) is 11.5 Å². The molecule has 0 unspecified atom stereocenters. The Morgan fingerprint density at radius 3 is 2.38 bits per heavy atom. The van der Waals surface area contributed by atoms with Crippen molar-refractivity contribution in [2.75, 3.05) is 13.2 Å². The SMILES string of the molecule is Brc1ccc2c(c1)OCCO2.CC. The lowest BCUT2D eigenvalue weighted by molar-refractivity contribution is 0.171. The number of fused-ring (bicyclic) bond motifs is 1. The second-order valence-electron chi connectivity index (χ2n) is 2.29. The maximum Gasteiger partial charge on any atom is 0.162 e. The van der Waals surface area contributed by atoms with Crippen LogP contribution in [-0.2, 0) is 0 Å². The number of halogens is 1. The van der Waals surface area contributed by atoms with Gasteiger partial charge in [0, 0.05) is 4.47 Å². The maximum absolute atomic E-state index is 5.35. The van der Waals surface area contributed by atoms with Crippen LogP contribution in [0.2, 0.25) is 0 Å². The normalized spacial score (nSPS) is 12.8. The largest absolute Gasteiger partial charge is 0.486 e. The van der Waals surface area contributed by atoms with E-state index in [9.17, 15) is 0 Å². The standard InChI is InChI=1S/C8H7BrO2.C2H6/c9-6-1-2-7-8(5-6)11-4-3-10-7;1-2/h1-2,5H,3-4H2;1-2H3. The smallest absolute Gasteiger partial charge is 0.162 e. The molecule has 0 N–H and O–H groups in total. The summed E-state index contributed by atoms with van der Waals surface area (Å²) in [5.74, 6) is 1.66. The second kappa shape index (κ2) is 5.12. The molecule has 0 aliphatic carbocycles. The zero-order valence-corrected chi connectivity index (χ0v) is 9.43. The summed E-state index contributed by atoms with van der Waals surface area (Å²) in [5, 5.41) is 0. The summed E-state index contributed by atoms with van der Waals surface area (Å²) < 4.78 is 11.7. The predicted octanol–water partition coefficient (Wildman–Crippen LogP) is 3.25. The number of rotatable bonds is 0. The van der Waals surface area contributed by atoms with E-state index in [1.165, 1.54) is 0 Å². The van der Waals surface area contributed by atoms with Crippen LogP contribution in [0.1, 0.15) is 13.8 Å². The van der Waals surface area contributed by atoms with Crippen molar-refractivity contribution in [1.82, 2.24) is 0 Å². The number of hydrogen-bond acceptors (Lipinski definition) is 2. The third-order valence-electron chi connectivity index (χ3n) is 1.50. The molecule has 0 saturated heterocycles. The Morgan fingerprint density at radius 2 is 1.69 bits per heavy atom. The van der Waals surface area contributed by atoms with Crippen molar-refractivity contribution in [2.24, 2.45) is 0 Å². The van der Waals surface area contributed by atoms with Gasteiger partial charge in [0.15, 0.2) is 11.5 Å². The van der Waals surface area contributed by atoms with Gasteiger partial charge in [0.2, 0.25) is 0 Å². The van der Waals surface area contributed by atoms with Crippen LogP contribution in [0.3, 0.4) is 0 Å². The Hall–Kier alpha value is -0.700. The Bertz CT molecular complexity index is 274. The number of benzene rings is 1. The highest BCUT2D eigenvalue weighted by Crippen LogP contribution is 2.32. The number of hydrogen-bond donors (Lipinski definition) is 0. The first-order valence-corrected chi connectivity index (χ1v) is 5.21. The van der Waals surface area contributed by atoms with E-state index in [4.69, 9.17) is 9.47 Å². The summed E-state index contributed by atoms with van der Waals surface area (Å²) in [7, 11) is 0. The van der Waals surface area contributed by atoms with E-state index in [0.29, 0.717) is 13.2 Å². The molecule has 1 aromatic carbocycles. The first-order chi connectivity index (χ1) is 6.36. The highest BCUT2D eigenvalue weighted by molar-refractivity contribution is 9.10. The van der Waals surface area contributed by atoms with Gasteiger partial charge in [-0.25, -0.2) is 0 Å². The Balaban J connectivity index is 0.000000396. The van der Waals surface area contributed by atoms with Gasteiger partial charge in [0.25, 0.3) is 0 Å². The van der Waals surface area contributed by atoms with E-state index in [1.54, 1.807) is 0 Å². The average molecular weight is 245 g/mol. The molecule has 13 heavy (non-hydrogen) atoms. The van der Waals surface area contributed by atoms with Crippen molar-refractivity contribution in [1.29, 1.82) is 0 Å². The van der Waals surface area contributed by atoms with Gasteiger partial charge in [-0.3, -0.25) is 0 Å². The molecule has 72 valence electrons. The summed E-state index contributed by atoms with van der Waals surface area (Å²) in [6.45, 7) is 5.29. The predicted molar refractivity (Wildman–Crippen MR) is 56.5 cm³/mol. The van der Waals surface area contributed by atoms with Gasteiger partial charge < -0.3 is 9.47 Å². The molecule has 1 aliphatic rings. The molecule has 1 heterocycles. The molecular formula is C10H13BrO2. The molecule has 0 aromatic heterocycles. The second-order valence-corrected chi connectivity index (χ2v) is 3.20. The van der Waals surface area contributed by atoms with Crippen LogP contribution in [0.15, 0.2) is 22.7 Å². The van der Waals surface area contributed by atoms with Gasteiger partial charge in [0.05, 0.1) is 0 Å². The minimum Gasteiger partial charge on any atom is -0.486 e. The van der Waals surface area contributed by atoms with Gasteiger partial charge in [0.1, 0.15) is 13.2 Å². The fourth-order valence-electron chi connectivity index (χ4n) is 1.02. The summed E-state index contributed by atoms with van der Waals surface area (Å²) in [5.41, 5.74) is 0. The van der Waals surface area contributed by atoms with Gasteiger partial charge in [-0.1, -0.05) is 29.8 Å². The van der Waals surface area contributed by atoms with Crippen LogP contribution in [0, 0.1) is 0 Å². The third-order valence-corrected chi connectivity index (χ3v) is 2.00. The molecule has 0 radical (unpaired) electrons. The van der Waals surface area contributed by atoms with E-state index in [2.05, 4.69) is 15.9 Å². The van der Waals surface area contributed by atoms with Gasteiger partial charge in [-0.2, -0.15) is 0 Å². The Labute approximate surface area is 87.0 Å². The van der Waals surface area contributed by atoms with Gasteiger partial charge in [-0.15, -0.1) is 0 Å². The highest BCUT2D eigenvalue weighted by atomic mass is 79.9. The number of ether oxygens (including phenoxy) is 2. The minimum absolute atomic E-state index is 0.642. The molecule has 1 aromatic rings. The maximum atomic E-state index is 5.35. The van der Waals surface area contributed by atoms with Crippen LogP contribution < -0.4 is 9.47 Å². The van der Waals surface area contributed by atoms with E-state index in [-0.39, 0.29) is 0 Å². The van der Waals surface area contributed by atoms with Crippen molar-refractivity contribution >= 4 is 15.9 Å². The van der Waals surface area contributed by atoms with Crippen LogP contribution in [0.5, 0.6) is 11.5 Å². The third kappa shape index (κ3) is 2.62. The van der Waals surface area contributed by atoms with Crippen molar-refractivity contribution in [3.63, 3.8) is 0 Å². The van der Waals surface area contributed by atoms with Crippen molar-refractivity contribution < 1.29 is 9.47 Å².